The van der Waals surface area contributed by atoms with E-state index in [1.54, 1.807) is 38.1 Å². The Morgan fingerprint density at radius 1 is 0.636 bits per heavy atom. The summed E-state index contributed by atoms with van der Waals surface area (Å²) in [4.78, 5) is 48.3. The molecule has 0 radical (unpaired) electrons. The largest absolute Gasteiger partial charge is 0.494 e. The van der Waals surface area contributed by atoms with E-state index < -0.39 is 37.0 Å². The van der Waals surface area contributed by atoms with E-state index in [0.29, 0.717) is 17.9 Å². The third-order valence-electron chi connectivity index (χ3n) is 5.95. The number of hydrogen-bond donors (Lipinski definition) is 1. The highest BCUT2D eigenvalue weighted by Crippen LogP contribution is 2.30. The summed E-state index contributed by atoms with van der Waals surface area (Å²) in [5.74, 6) is -1.49. The Labute approximate surface area is 256 Å². The molecule has 0 spiro atoms. The fourth-order valence-electron chi connectivity index (χ4n) is 3.85. The van der Waals surface area contributed by atoms with Crippen molar-refractivity contribution in [1.82, 2.24) is 0 Å². The summed E-state index contributed by atoms with van der Waals surface area (Å²) in [5, 5.41) is 2.74. The zero-order valence-electron chi connectivity index (χ0n) is 24.9. The van der Waals surface area contributed by atoms with Crippen LogP contribution in [0.5, 0.6) is 17.2 Å². The Hall–Kier alpha value is -5.06. The Morgan fingerprint density at radius 3 is 1.98 bits per heavy atom. The maximum atomic E-state index is 13.1. The lowest BCUT2D eigenvalue weighted by atomic mass is 10.1. The average Bonchev–Trinajstić information content (AvgIpc) is 3.03. The number of rotatable bonds is 18. The van der Waals surface area contributed by atoms with Gasteiger partial charge in [0.15, 0.2) is 19.8 Å². The second-order valence-electron chi connectivity index (χ2n) is 9.28. The molecule has 11 heteroatoms. The molecule has 0 fully saturated rings. The predicted molar refractivity (Wildman–Crippen MR) is 161 cm³/mol. The molecule has 11 nitrogen and oxygen atoms in total. The summed E-state index contributed by atoms with van der Waals surface area (Å²) in [7, 11) is 0. The number of nitrogens with one attached hydrogen (secondary N) is 1. The molecule has 0 aliphatic heterocycles. The van der Waals surface area contributed by atoms with Crippen molar-refractivity contribution in [3.8, 4) is 17.2 Å². The highest BCUT2D eigenvalue weighted by atomic mass is 16.6. The van der Waals surface area contributed by atoms with Gasteiger partial charge in [-0.25, -0.2) is 14.4 Å². The van der Waals surface area contributed by atoms with Gasteiger partial charge in [-0.05, 0) is 75.1 Å². The lowest BCUT2D eigenvalue weighted by molar-refractivity contribution is -0.159. The fraction of sp³-hybridized carbons (Fsp3) is 0.333. The van der Waals surface area contributed by atoms with Gasteiger partial charge in [0.05, 0.1) is 25.5 Å². The zero-order chi connectivity index (χ0) is 31.6. The predicted octanol–water partition coefficient (Wildman–Crippen LogP) is 4.77. The minimum atomic E-state index is -0.811. The van der Waals surface area contributed by atoms with Gasteiger partial charge >= 0.3 is 17.9 Å². The molecule has 1 N–H and O–H groups in total. The maximum absolute atomic E-state index is 13.1. The quantitative estimate of drug-likeness (QED) is 0.122. The van der Waals surface area contributed by atoms with Crippen LogP contribution in [0, 0.1) is 0 Å². The highest BCUT2D eigenvalue weighted by molar-refractivity contribution is 6.05. The van der Waals surface area contributed by atoms with Crippen molar-refractivity contribution in [2.75, 3.05) is 45.0 Å². The average molecular weight is 608 g/mol. The van der Waals surface area contributed by atoms with Crippen LogP contribution in [0.3, 0.4) is 0 Å². The Bertz CT molecular complexity index is 1360. The topological polar surface area (TPSA) is 136 Å². The van der Waals surface area contributed by atoms with Crippen LogP contribution in [0.15, 0.2) is 72.8 Å². The van der Waals surface area contributed by atoms with Crippen LogP contribution in [0.1, 0.15) is 42.6 Å². The fourth-order valence-corrected chi connectivity index (χ4v) is 3.85. The van der Waals surface area contributed by atoms with Crippen molar-refractivity contribution in [2.45, 2.75) is 33.1 Å². The van der Waals surface area contributed by atoms with Gasteiger partial charge in [-0.3, -0.25) is 4.79 Å². The lowest BCUT2D eigenvalue weighted by Crippen LogP contribution is -2.21. The summed E-state index contributed by atoms with van der Waals surface area (Å²) in [6, 6.07) is 21.4. The maximum Gasteiger partial charge on any atom is 0.344 e. The molecule has 0 atom stereocenters. The molecule has 234 valence electrons. The second kappa shape index (κ2) is 18.5. The van der Waals surface area contributed by atoms with Crippen LogP contribution in [0.25, 0.3) is 0 Å². The second-order valence-corrected chi connectivity index (χ2v) is 9.28. The first kappa shape index (κ1) is 33.4. The molecule has 0 aliphatic carbocycles. The van der Waals surface area contributed by atoms with E-state index >= 15 is 0 Å². The minimum Gasteiger partial charge on any atom is -0.494 e. The summed E-state index contributed by atoms with van der Waals surface area (Å²) in [6.07, 6.45) is 2.88. The number of aryl methyl sites for hydroxylation is 1. The van der Waals surface area contributed by atoms with Gasteiger partial charge < -0.3 is 33.7 Å². The molecule has 0 aromatic heterocycles. The van der Waals surface area contributed by atoms with Gasteiger partial charge in [0.25, 0.3) is 5.91 Å². The first-order chi connectivity index (χ1) is 21.4. The monoisotopic (exact) mass is 607 g/mol. The third kappa shape index (κ3) is 12.0. The van der Waals surface area contributed by atoms with Crippen molar-refractivity contribution in [2.24, 2.45) is 0 Å². The molecule has 0 saturated carbocycles. The van der Waals surface area contributed by atoms with Crippen molar-refractivity contribution in [3.05, 3.63) is 83.9 Å². The van der Waals surface area contributed by atoms with E-state index in [0.717, 1.165) is 19.3 Å². The van der Waals surface area contributed by atoms with Gasteiger partial charge in [0, 0.05) is 11.6 Å². The smallest absolute Gasteiger partial charge is 0.344 e. The van der Waals surface area contributed by atoms with Crippen molar-refractivity contribution < 1.29 is 47.6 Å². The molecule has 3 aromatic carbocycles. The molecule has 0 saturated heterocycles. The SMILES string of the molecule is CCOC(=O)COC(=O)COc1ccc(OCC(=O)OCC)cc1NC(=O)c1ccc(OCCCCc2ccccc2)cc1. The summed E-state index contributed by atoms with van der Waals surface area (Å²) < 4.78 is 31.3. The van der Waals surface area contributed by atoms with Gasteiger partial charge in [0.1, 0.15) is 17.2 Å². The molecule has 3 aromatic rings. The van der Waals surface area contributed by atoms with E-state index in [1.807, 2.05) is 18.2 Å². The molecular formula is C33H37NO10. The number of anilines is 1. The van der Waals surface area contributed by atoms with Gasteiger partial charge in [0.2, 0.25) is 0 Å². The molecule has 0 aliphatic rings. The number of unbranched alkanes of at least 4 members (excludes halogenated alkanes) is 1. The van der Waals surface area contributed by atoms with Crippen LogP contribution in [-0.2, 0) is 35.0 Å². The van der Waals surface area contributed by atoms with E-state index in [-0.39, 0.29) is 37.0 Å². The van der Waals surface area contributed by atoms with Gasteiger partial charge in [-0.1, -0.05) is 30.3 Å². The summed E-state index contributed by atoms with van der Waals surface area (Å²) >= 11 is 0. The number of esters is 3. The zero-order valence-corrected chi connectivity index (χ0v) is 24.9. The van der Waals surface area contributed by atoms with E-state index in [9.17, 15) is 19.2 Å². The van der Waals surface area contributed by atoms with Crippen LogP contribution in [-0.4, -0.2) is 63.5 Å². The summed E-state index contributed by atoms with van der Waals surface area (Å²) in [5.41, 5.74) is 1.81. The van der Waals surface area contributed by atoms with Crippen molar-refractivity contribution >= 4 is 29.5 Å². The Morgan fingerprint density at radius 2 is 1.27 bits per heavy atom. The van der Waals surface area contributed by atoms with Gasteiger partial charge in [-0.2, -0.15) is 0 Å². The number of hydrogen-bond acceptors (Lipinski definition) is 10. The van der Waals surface area contributed by atoms with Crippen molar-refractivity contribution in [1.29, 1.82) is 0 Å². The molecule has 0 bridgehead atoms. The van der Waals surface area contributed by atoms with Crippen LogP contribution in [0.4, 0.5) is 5.69 Å². The lowest BCUT2D eigenvalue weighted by Gasteiger charge is -2.15. The third-order valence-corrected chi connectivity index (χ3v) is 5.95. The molecular weight excluding hydrogens is 570 g/mol. The van der Waals surface area contributed by atoms with Crippen LogP contribution < -0.4 is 19.5 Å². The van der Waals surface area contributed by atoms with E-state index in [2.05, 4.69) is 17.4 Å². The molecule has 0 unspecified atom stereocenters. The van der Waals surface area contributed by atoms with Crippen molar-refractivity contribution in [3.63, 3.8) is 0 Å². The first-order valence-corrected chi connectivity index (χ1v) is 14.3. The van der Waals surface area contributed by atoms with E-state index in [4.69, 9.17) is 28.4 Å². The number of carbonyl (C=O) groups is 4. The van der Waals surface area contributed by atoms with Crippen LogP contribution >= 0.6 is 0 Å². The number of carbonyl (C=O) groups excluding carboxylic acids is 4. The Kier molecular flexibility index (Phi) is 14.0. The van der Waals surface area contributed by atoms with Gasteiger partial charge in [-0.15, -0.1) is 0 Å². The number of amides is 1. The van der Waals surface area contributed by atoms with E-state index in [1.165, 1.54) is 23.8 Å². The molecule has 44 heavy (non-hydrogen) atoms. The summed E-state index contributed by atoms with van der Waals surface area (Å²) in [6.45, 7) is 2.81. The first-order valence-electron chi connectivity index (χ1n) is 14.3. The minimum absolute atomic E-state index is 0.130. The number of benzene rings is 3. The number of ether oxygens (including phenoxy) is 6. The highest BCUT2D eigenvalue weighted by Gasteiger charge is 2.15. The normalized spacial score (nSPS) is 10.3. The molecule has 3 rings (SSSR count). The molecule has 1 amide bonds. The standard InChI is InChI=1S/C33H37NO10/c1-3-39-30(35)21-42-27-17-18-29(43-22-32(37)44-23-31(36)40-4-2)28(20-27)34-33(38)25-13-15-26(16-14-25)41-19-9-8-12-24-10-6-5-7-11-24/h5-7,10-11,13-18,20H,3-4,8-9,12,19,21-23H2,1-2H3,(H,34,38). The van der Waals surface area contributed by atoms with Crippen LogP contribution in [0.2, 0.25) is 0 Å². The Balaban J connectivity index is 1.58. The molecule has 0 heterocycles.